The Bertz CT molecular complexity index is 223. The van der Waals surface area contributed by atoms with Crippen LogP contribution in [-0.4, -0.2) is 11.8 Å². The average molecular weight is 149 g/mol. The molecule has 1 aliphatic rings. The molecule has 60 valence electrons. The minimum atomic E-state index is 0.0221. The zero-order valence-corrected chi connectivity index (χ0v) is 7.46. The fourth-order valence-electron chi connectivity index (χ4n) is 0.944. The van der Waals surface area contributed by atoms with Gasteiger partial charge in [-0.25, -0.2) is 0 Å². The zero-order valence-electron chi connectivity index (χ0n) is 7.46. The van der Waals surface area contributed by atoms with Gasteiger partial charge >= 0.3 is 0 Å². The van der Waals surface area contributed by atoms with E-state index >= 15 is 0 Å². The lowest BCUT2D eigenvalue weighted by Gasteiger charge is -2.17. The third-order valence-corrected chi connectivity index (χ3v) is 2.13. The van der Waals surface area contributed by atoms with Crippen molar-refractivity contribution in [2.75, 3.05) is 0 Å². The maximum atomic E-state index is 4.44. The second-order valence-electron chi connectivity index (χ2n) is 3.23. The highest BCUT2D eigenvalue weighted by molar-refractivity contribution is 5.74. The summed E-state index contributed by atoms with van der Waals surface area (Å²) in [5.41, 5.74) is 1.29. The van der Waals surface area contributed by atoms with Crippen LogP contribution in [0.2, 0.25) is 0 Å². The van der Waals surface area contributed by atoms with Gasteiger partial charge in [-0.3, -0.25) is 4.99 Å². The molecule has 0 bridgehead atoms. The highest BCUT2D eigenvalue weighted by Gasteiger charge is 2.15. The van der Waals surface area contributed by atoms with Crippen LogP contribution in [0, 0.1) is 0 Å². The van der Waals surface area contributed by atoms with Crippen LogP contribution in [0.5, 0.6) is 0 Å². The number of nitrogens with zero attached hydrogens (tertiary/aromatic N) is 1. The number of allylic oxidation sites excluding steroid dienone is 3. The molecule has 11 heavy (non-hydrogen) atoms. The predicted molar refractivity (Wildman–Crippen MR) is 50.1 cm³/mol. The smallest absolute Gasteiger partial charge is 0.0760 e. The van der Waals surface area contributed by atoms with E-state index in [1.807, 2.05) is 12.3 Å². The summed E-state index contributed by atoms with van der Waals surface area (Å²) in [6.07, 6.45) is 9.30. The zero-order chi connectivity index (χ0) is 8.32. The molecule has 1 heteroatoms. The number of hydrogen-bond acceptors (Lipinski definition) is 1. The third-order valence-electron chi connectivity index (χ3n) is 2.13. The second-order valence-corrected chi connectivity index (χ2v) is 3.23. The SMILES string of the molecule is CCC1(C)C=CC(C)=CC=N1. The lowest BCUT2D eigenvalue weighted by atomic mass is 9.99. The molecule has 0 aromatic rings. The summed E-state index contributed by atoms with van der Waals surface area (Å²) in [7, 11) is 0. The molecule has 0 aliphatic carbocycles. The molecule has 0 N–H and O–H groups in total. The van der Waals surface area contributed by atoms with Crippen molar-refractivity contribution in [1.82, 2.24) is 0 Å². The van der Waals surface area contributed by atoms with Gasteiger partial charge in [-0.15, -0.1) is 0 Å². The van der Waals surface area contributed by atoms with Gasteiger partial charge in [-0.1, -0.05) is 19.1 Å². The molecule has 0 radical (unpaired) electrons. The molecule has 1 rings (SSSR count). The first kappa shape index (κ1) is 8.25. The Morgan fingerprint density at radius 1 is 1.55 bits per heavy atom. The number of rotatable bonds is 1. The van der Waals surface area contributed by atoms with Crippen LogP contribution in [0.15, 0.2) is 28.8 Å². The van der Waals surface area contributed by atoms with Crippen LogP contribution >= 0.6 is 0 Å². The van der Waals surface area contributed by atoms with Crippen molar-refractivity contribution in [2.24, 2.45) is 4.99 Å². The molecule has 0 aromatic carbocycles. The van der Waals surface area contributed by atoms with Gasteiger partial charge in [0.05, 0.1) is 5.54 Å². The molecule has 0 saturated carbocycles. The summed E-state index contributed by atoms with van der Waals surface area (Å²) in [5, 5.41) is 0. The van der Waals surface area contributed by atoms with E-state index in [4.69, 9.17) is 0 Å². The molecule has 0 amide bonds. The molecule has 1 atom stereocenters. The highest BCUT2D eigenvalue weighted by Crippen LogP contribution is 2.19. The van der Waals surface area contributed by atoms with E-state index in [2.05, 4.69) is 37.9 Å². The van der Waals surface area contributed by atoms with Crippen molar-refractivity contribution in [1.29, 1.82) is 0 Å². The van der Waals surface area contributed by atoms with Gasteiger partial charge in [-0.2, -0.15) is 0 Å². The predicted octanol–water partition coefficient (Wildman–Crippen LogP) is 2.74. The monoisotopic (exact) mass is 149 g/mol. The summed E-state index contributed by atoms with van der Waals surface area (Å²) < 4.78 is 0. The molecule has 1 heterocycles. The standard InChI is InChI=1S/C10H15N/c1-4-10(3)7-5-9(2)6-8-11-10/h5-8H,4H2,1-3H3. The summed E-state index contributed by atoms with van der Waals surface area (Å²) >= 11 is 0. The van der Waals surface area contributed by atoms with E-state index in [0.29, 0.717) is 0 Å². The van der Waals surface area contributed by atoms with Crippen LogP contribution in [0.25, 0.3) is 0 Å². The minimum absolute atomic E-state index is 0.0221. The molecule has 0 saturated heterocycles. The fourth-order valence-corrected chi connectivity index (χ4v) is 0.944. The second kappa shape index (κ2) is 3.04. The van der Waals surface area contributed by atoms with Gasteiger partial charge in [0.2, 0.25) is 0 Å². The quantitative estimate of drug-likeness (QED) is 0.543. The summed E-state index contributed by atoms with van der Waals surface area (Å²) in [6, 6.07) is 0. The van der Waals surface area contributed by atoms with E-state index in [1.165, 1.54) is 5.57 Å². The molecule has 0 aromatic heterocycles. The normalized spacial score (nSPS) is 29.9. The van der Waals surface area contributed by atoms with Gasteiger partial charge in [0.15, 0.2) is 0 Å². The largest absolute Gasteiger partial charge is 0.283 e. The fraction of sp³-hybridized carbons (Fsp3) is 0.500. The Morgan fingerprint density at radius 2 is 2.27 bits per heavy atom. The molecular weight excluding hydrogens is 134 g/mol. The first-order valence-electron chi connectivity index (χ1n) is 4.08. The van der Waals surface area contributed by atoms with E-state index < -0.39 is 0 Å². The van der Waals surface area contributed by atoms with Crippen molar-refractivity contribution in [3.05, 3.63) is 23.8 Å². The van der Waals surface area contributed by atoms with Crippen LogP contribution in [0.1, 0.15) is 27.2 Å². The Hall–Kier alpha value is -0.850. The van der Waals surface area contributed by atoms with Gasteiger partial charge in [0, 0.05) is 6.21 Å². The third kappa shape index (κ3) is 2.04. The topological polar surface area (TPSA) is 12.4 Å². The lowest BCUT2D eigenvalue weighted by molar-refractivity contribution is 0.571. The molecule has 0 fully saturated rings. The summed E-state index contributed by atoms with van der Waals surface area (Å²) in [5.74, 6) is 0. The van der Waals surface area contributed by atoms with E-state index in [1.54, 1.807) is 0 Å². The van der Waals surface area contributed by atoms with Gasteiger partial charge in [-0.05, 0) is 31.9 Å². The maximum Gasteiger partial charge on any atom is 0.0760 e. The highest BCUT2D eigenvalue weighted by atomic mass is 14.8. The Morgan fingerprint density at radius 3 is 2.91 bits per heavy atom. The summed E-state index contributed by atoms with van der Waals surface area (Å²) in [6.45, 7) is 6.39. The Labute approximate surface area is 68.5 Å². The molecule has 1 aliphatic heterocycles. The first-order valence-corrected chi connectivity index (χ1v) is 4.08. The Balaban J connectivity index is 2.86. The minimum Gasteiger partial charge on any atom is -0.283 e. The number of aliphatic imine (C=N–C) groups is 1. The van der Waals surface area contributed by atoms with Gasteiger partial charge in [0.1, 0.15) is 0 Å². The van der Waals surface area contributed by atoms with Crippen LogP contribution in [0.3, 0.4) is 0 Å². The first-order chi connectivity index (χ1) is 5.16. The molecule has 1 unspecified atom stereocenters. The lowest BCUT2D eigenvalue weighted by Crippen LogP contribution is -2.16. The van der Waals surface area contributed by atoms with Gasteiger partial charge < -0.3 is 0 Å². The molecule has 1 nitrogen and oxygen atoms in total. The molecular formula is C10H15N. The maximum absolute atomic E-state index is 4.44. The average Bonchev–Trinajstić information content (AvgIpc) is 2.15. The van der Waals surface area contributed by atoms with Crippen molar-refractivity contribution in [2.45, 2.75) is 32.7 Å². The Kier molecular flexibility index (Phi) is 2.28. The number of hydrogen-bond donors (Lipinski definition) is 0. The van der Waals surface area contributed by atoms with Crippen LogP contribution in [-0.2, 0) is 0 Å². The molecule has 0 spiro atoms. The van der Waals surface area contributed by atoms with Crippen molar-refractivity contribution in [3.63, 3.8) is 0 Å². The van der Waals surface area contributed by atoms with Gasteiger partial charge in [0.25, 0.3) is 0 Å². The van der Waals surface area contributed by atoms with E-state index in [-0.39, 0.29) is 5.54 Å². The van der Waals surface area contributed by atoms with E-state index in [9.17, 15) is 0 Å². The van der Waals surface area contributed by atoms with Crippen molar-refractivity contribution in [3.8, 4) is 0 Å². The summed E-state index contributed by atoms with van der Waals surface area (Å²) in [4.78, 5) is 4.44. The van der Waals surface area contributed by atoms with Crippen molar-refractivity contribution < 1.29 is 0 Å². The van der Waals surface area contributed by atoms with Crippen molar-refractivity contribution >= 4 is 6.21 Å². The van der Waals surface area contributed by atoms with Crippen LogP contribution in [0.4, 0.5) is 0 Å². The van der Waals surface area contributed by atoms with Crippen LogP contribution < -0.4 is 0 Å². The van der Waals surface area contributed by atoms with E-state index in [0.717, 1.165) is 6.42 Å².